The molecule has 1 aliphatic rings. The van der Waals surface area contributed by atoms with Gasteiger partial charge in [0.05, 0.1) is 12.2 Å². The monoisotopic (exact) mass is 336 g/mol. The zero-order valence-corrected chi connectivity index (χ0v) is 14.7. The van der Waals surface area contributed by atoms with E-state index in [1.165, 1.54) is 5.56 Å². The van der Waals surface area contributed by atoms with Crippen LogP contribution >= 0.6 is 0 Å². The van der Waals surface area contributed by atoms with Gasteiger partial charge in [-0.05, 0) is 12.5 Å². The second-order valence-corrected chi connectivity index (χ2v) is 5.96. The second kappa shape index (κ2) is 8.47. The van der Waals surface area contributed by atoms with Crippen molar-refractivity contribution in [2.45, 2.75) is 13.5 Å². The Morgan fingerprint density at radius 2 is 1.80 bits per heavy atom. The molecule has 0 atom stereocenters. The fourth-order valence-corrected chi connectivity index (χ4v) is 2.93. The predicted molar refractivity (Wildman–Crippen MR) is 100 cm³/mol. The number of benzene rings is 1. The zero-order valence-electron chi connectivity index (χ0n) is 14.7. The lowest BCUT2D eigenvalue weighted by atomic mass is 10.2. The Bertz CT molecular complexity index is 715. The van der Waals surface area contributed by atoms with Gasteiger partial charge < -0.3 is 9.64 Å². The number of hydrogen-bond donors (Lipinski definition) is 0. The minimum atomic E-state index is 0.572. The lowest BCUT2D eigenvalue weighted by Crippen LogP contribution is -2.46. The van der Waals surface area contributed by atoms with Gasteiger partial charge in [-0.2, -0.15) is 0 Å². The summed E-state index contributed by atoms with van der Waals surface area (Å²) in [6.45, 7) is 11.0. The van der Waals surface area contributed by atoms with Gasteiger partial charge in [-0.15, -0.1) is 0 Å². The van der Waals surface area contributed by atoms with Gasteiger partial charge in [0.1, 0.15) is 0 Å². The first-order chi connectivity index (χ1) is 12.3. The van der Waals surface area contributed by atoms with Crippen LogP contribution in [-0.4, -0.2) is 47.7 Å². The number of hydrogen-bond acceptors (Lipinski definition) is 5. The van der Waals surface area contributed by atoms with Crippen LogP contribution in [0.3, 0.4) is 0 Å². The molecule has 130 valence electrons. The lowest BCUT2D eigenvalue weighted by Gasteiger charge is -2.34. The highest BCUT2D eigenvalue weighted by atomic mass is 16.5. The van der Waals surface area contributed by atoms with E-state index in [4.69, 9.17) is 4.74 Å². The van der Waals surface area contributed by atoms with Crippen molar-refractivity contribution in [1.82, 2.24) is 14.9 Å². The Kier molecular flexibility index (Phi) is 5.83. The molecule has 25 heavy (non-hydrogen) atoms. The van der Waals surface area contributed by atoms with Crippen molar-refractivity contribution >= 4 is 11.7 Å². The van der Waals surface area contributed by atoms with E-state index in [2.05, 4.69) is 62.4 Å². The number of anilines is 1. The van der Waals surface area contributed by atoms with E-state index in [-0.39, 0.29) is 0 Å². The van der Waals surface area contributed by atoms with Crippen LogP contribution in [0.5, 0.6) is 0 Å². The van der Waals surface area contributed by atoms with Gasteiger partial charge in [-0.3, -0.25) is 4.90 Å². The third-order valence-electron chi connectivity index (χ3n) is 4.25. The average molecular weight is 336 g/mol. The Morgan fingerprint density at radius 1 is 1.12 bits per heavy atom. The van der Waals surface area contributed by atoms with E-state index >= 15 is 0 Å². The Balaban J connectivity index is 1.57. The summed E-state index contributed by atoms with van der Waals surface area (Å²) < 4.78 is 5.48. The van der Waals surface area contributed by atoms with Crippen molar-refractivity contribution in [3.05, 3.63) is 66.2 Å². The second-order valence-electron chi connectivity index (χ2n) is 5.96. The van der Waals surface area contributed by atoms with Crippen LogP contribution in [0.15, 0.2) is 55.0 Å². The summed E-state index contributed by atoms with van der Waals surface area (Å²) in [6.07, 6.45) is 3.56. The molecule has 0 radical (unpaired) electrons. The molecule has 5 heteroatoms. The first-order valence-corrected chi connectivity index (χ1v) is 8.66. The smallest absolute Gasteiger partial charge is 0.225 e. The van der Waals surface area contributed by atoms with Gasteiger partial charge in [-0.25, -0.2) is 9.97 Å². The molecule has 0 saturated carbocycles. The van der Waals surface area contributed by atoms with Gasteiger partial charge in [0.25, 0.3) is 0 Å². The molecule has 0 bridgehead atoms. The number of aromatic nitrogens is 2. The van der Waals surface area contributed by atoms with Crippen LogP contribution < -0.4 is 4.90 Å². The SMILES string of the molecule is C=C=C(OCC)c1cnc(N2CCN(Cc3ccccc3)CC2)nc1. The molecular weight excluding hydrogens is 312 g/mol. The highest BCUT2D eigenvalue weighted by Crippen LogP contribution is 2.16. The van der Waals surface area contributed by atoms with E-state index < -0.39 is 0 Å². The van der Waals surface area contributed by atoms with E-state index in [9.17, 15) is 0 Å². The highest BCUT2D eigenvalue weighted by Gasteiger charge is 2.19. The largest absolute Gasteiger partial charge is 0.486 e. The molecular formula is C20H24N4O. The quantitative estimate of drug-likeness (QED) is 0.599. The number of piperazine rings is 1. The molecule has 2 heterocycles. The summed E-state index contributed by atoms with van der Waals surface area (Å²) in [5, 5.41) is 0. The molecule has 0 amide bonds. The van der Waals surface area contributed by atoms with Gasteiger partial charge in [0, 0.05) is 45.1 Å². The molecule has 1 aliphatic heterocycles. The maximum Gasteiger partial charge on any atom is 0.225 e. The van der Waals surface area contributed by atoms with Crippen LogP contribution in [0.25, 0.3) is 5.76 Å². The van der Waals surface area contributed by atoms with E-state index in [0.29, 0.717) is 12.4 Å². The van der Waals surface area contributed by atoms with Crippen molar-refractivity contribution in [2.24, 2.45) is 0 Å². The molecule has 0 N–H and O–H groups in total. The maximum absolute atomic E-state index is 5.48. The third kappa shape index (κ3) is 4.47. The molecule has 3 rings (SSSR count). The lowest BCUT2D eigenvalue weighted by molar-refractivity contribution is 0.248. The minimum Gasteiger partial charge on any atom is -0.486 e. The van der Waals surface area contributed by atoms with E-state index in [1.807, 2.05) is 6.92 Å². The Hall–Kier alpha value is -2.62. The van der Waals surface area contributed by atoms with Crippen LogP contribution in [0.2, 0.25) is 0 Å². The predicted octanol–water partition coefficient (Wildman–Crippen LogP) is 2.96. The molecule has 0 unspecified atom stereocenters. The Morgan fingerprint density at radius 3 is 2.40 bits per heavy atom. The van der Waals surface area contributed by atoms with Crippen molar-refractivity contribution in [2.75, 3.05) is 37.7 Å². The van der Waals surface area contributed by atoms with Gasteiger partial charge >= 0.3 is 0 Å². The summed E-state index contributed by atoms with van der Waals surface area (Å²) in [5.74, 6) is 1.37. The van der Waals surface area contributed by atoms with E-state index in [0.717, 1.165) is 44.2 Å². The van der Waals surface area contributed by atoms with Crippen LogP contribution in [0.4, 0.5) is 5.95 Å². The fraction of sp³-hybridized carbons (Fsp3) is 0.350. The standard InChI is InChI=1S/C20H24N4O/c1-3-19(25-4-2)18-14-21-20(22-15-18)24-12-10-23(11-13-24)16-17-8-6-5-7-9-17/h5-9,14-15H,1,4,10-13,16H2,2H3. The summed E-state index contributed by atoms with van der Waals surface area (Å²) in [5.41, 5.74) is 4.96. The Labute approximate surface area is 149 Å². The minimum absolute atomic E-state index is 0.572. The van der Waals surface area contributed by atoms with Crippen molar-refractivity contribution in [3.63, 3.8) is 0 Å². The van der Waals surface area contributed by atoms with Crippen molar-refractivity contribution in [3.8, 4) is 0 Å². The van der Waals surface area contributed by atoms with Crippen molar-refractivity contribution < 1.29 is 4.74 Å². The highest BCUT2D eigenvalue weighted by molar-refractivity contribution is 5.57. The molecule has 5 nitrogen and oxygen atoms in total. The van der Waals surface area contributed by atoms with Crippen LogP contribution in [0, 0.1) is 0 Å². The summed E-state index contributed by atoms with van der Waals surface area (Å²) in [6, 6.07) is 10.6. The van der Waals surface area contributed by atoms with Gasteiger partial charge in [0.15, 0.2) is 5.76 Å². The molecule has 1 saturated heterocycles. The van der Waals surface area contributed by atoms with Crippen LogP contribution in [0.1, 0.15) is 18.1 Å². The molecule has 1 fully saturated rings. The summed E-state index contributed by atoms with van der Waals surface area (Å²) in [7, 11) is 0. The topological polar surface area (TPSA) is 41.5 Å². The fourth-order valence-electron chi connectivity index (χ4n) is 2.93. The first-order valence-electron chi connectivity index (χ1n) is 8.66. The van der Waals surface area contributed by atoms with Crippen LogP contribution in [-0.2, 0) is 11.3 Å². The normalized spacial score (nSPS) is 14.8. The summed E-state index contributed by atoms with van der Waals surface area (Å²) >= 11 is 0. The molecule has 0 aliphatic carbocycles. The zero-order chi connectivity index (χ0) is 17.5. The molecule has 2 aromatic rings. The van der Waals surface area contributed by atoms with Gasteiger partial charge in [-0.1, -0.05) is 42.6 Å². The average Bonchev–Trinajstić information content (AvgIpc) is 2.68. The number of rotatable bonds is 6. The molecule has 0 spiro atoms. The third-order valence-corrected chi connectivity index (χ3v) is 4.25. The maximum atomic E-state index is 5.48. The molecule has 1 aromatic heterocycles. The molecule has 1 aromatic carbocycles. The first kappa shape index (κ1) is 17.2. The number of nitrogens with zero attached hydrogens (tertiary/aromatic N) is 4. The van der Waals surface area contributed by atoms with E-state index in [1.54, 1.807) is 12.4 Å². The van der Waals surface area contributed by atoms with Crippen molar-refractivity contribution in [1.29, 1.82) is 0 Å². The van der Waals surface area contributed by atoms with Gasteiger partial charge in [0.2, 0.25) is 5.95 Å². The number of ether oxygens (including phenoxy) is 1. The summed E-state index contributed by atoms with van der Waals surface area (Å²) in [4.78, 5) is 13.7.